The van der Waals surface area contributed by atoms with E-state index in [1.54, 1.807) is 6.07 Å². The lowest BCUT2D eigenvalue weighted by Crippen LogP contribution is -2.10. The van der Waals surface area contributed by atoms with Crippen molar-refractivity contribution in [1.29, 1.82) is 0 Å². The molecule has 0 fully saturated rings. The topological polar surface area (TPSA) is 77.2 Å². The molecule has 106 valence electrons. The standard InChI is InChI=1S/C12H11BrFN3O3/c1-20-6-10-11(12(18)19)15-16-17(10)5-7-2-3-8(14)4-9(7)13/h2-4H,5-6H2,1H3,(H,18,19). The largest absolute Gasteiger partial charge is 0.476 e. The molecule has 0 aliphatic rings. The fraction of sp³-hybridized carbons (Fsp3) is 0.250. The normalized spacial score (nSPS) is 10.8. The van der Waals surface area contributed by atoms with Crippen LogP contribution in [0.5, 0.6) is 0 Å². The van der Waals surface area contributed by atoms with E-state index in [-0.39, 0.29) is 24.7 Å². The molecule has 6 nitrogen and oxygen atoms in total. The lowest BCUT2D eigenvalue weighted by molar-refractivity contribution is 0.0684. The zero-order valence-electron chi connectivity index (χ0n) is 10.5. The van der Waals surface area contributed by atoms with Crippen LogP contribution in [0.15, 0.2) is 22.7 Å². The first kappa shape index (κ1) is 14.6. The second-order valence-corrected chi connectivity index (χ2v) is 4.87. The van der Waals surface area contributed by atoms with Crippen molar-refractivity contribution in [3.05, 3.63) is 45.4 Å². The van der Waals surface area contributed by atoms with Gasteiger partial charge in [-0.2, -0.15) is 0 Å². The minimum atomic E-state index is -1.17. The van der Waals surface area contributed by atoms with Gasteiger partial charge in [-0.1, -0.05) is 27.2 Å². The average Bonchev–Trinajstić information content (AvgIpc) is 2.77. The molecule has 0 atom stereocenters. The number of aromatic nitrogens is 3. The summed E-state index contributed by atoms with van der Waals surface area (Å²) >= 11 is 3.25. The Balaban J connectivity index is 2.35. The van der Waals surface area contributed by atoms with E-state index in [2.05, 4.69) is 26.2 Å². The molecule has 1 aromatic heterocycles. The highest BCUT2D eigenvalue weighted by molar-refractivity contribution is 9.10. The lowest BCUT2D eigenvalue weighted by atomic mass is 10.2. The van der Waals surface area contributed by atoms with Gasteiger partial charge in [-0.15, -0.1) is 5.10 Å². The van der Waals surface area contributed by atoms with Crippen molar-refractivity contribution in [2.24, 2.45) is 0 Å². The predicted molar refractivity (Wildman–Crippen MR) is 70.9 cm³/mol. The fourth-order valence-electron chi connectivity index (χ4n) is 1.72. The number of carboxylic acids is 1. The third kappa shape index (κ3) is 3.02. The van der Waals surface area contributed by atoms with Gasteiger partial charge in [0.1, 0.15) is 5.82 Å². The van der Waals surface area contributed by atoms with Gasteiger partial charge in [0, 0.05) is 11.6 Å². The molecule has 2 aromatic rings. The summed E-state index contributed by atoms with van der Waals surface area (Å²) in [6.07, 6.45) is 0. The van der Waals surface area contributed by atoms with Gasteiger partial charge in [0.15, 0.2) is 5.69 Å². The number of hydrogen-bond donors (Lipinski definition) is 1. The molecule has 0 amide bonds. The molecular formula is C12H11BrFN3O3. The molecule has 0 aliphatic heterocycles. The molecule has 0 saturated carbocycles. The minimum Gasteiger partial charge on any atom is -0.476 e. The minimum absolute atomic E-state index is 0.0768. The molecule has 0 radical (unpaired) electrons. The molecule has 1 heterocycles. The molecule has 0 unspecified atom stereocenters. The summed E-state index contributed by atoms with van der Waals surface area (Å²) in [6, 6.07) is 4.25. The number of aromatic carboxylic acids is 1. The van der Waals surface area contributed by atoms with Crippen LogP contribution < -0.4 is 0 Å². The van der Waals surface area contributed by atoms with Crippen LogP contribution in [0.4, 0.5) is 4.39 Å². The lowest BCUT2D eigenvalue weighted by Gasteiger charge is -2.08. The Morgan fingerprint density at radius 2 is 2.30 bits per heavy atom. The van der Waals surface area contributed by atoms with Gasteiger partial charge in [0.25, 0.3) is 0 Å². The first-order chi connectivity index (χ1) is 9.52. The second kappa shape index (κ2) is 6.10. The predicted octanol–water partition coefficient (Wildman–Crippen LogP) is 2.07. The summed E-state index contributed by atoms with van der Waals surface area (Å²) in [6.45, 7) is 0.341. The molecule has 1 aromatic carbocycles. The van der Waals surface area contributed by atoms with Crippen molar-refractivity contribution in [2.45, 2.75) is 13.2 Å². The Hall–Kier alpha value is -1.80. The molecule has 8 heteroatoms. The summed E-state index contributed by atoms with van der Waals surface area (Å²) < 4.78 is 20.0. The van der Waals surface area contributed by atoms with Crippen molar-refractivity contribution in [3.8, 4) is 0 Å². The van der Waals surface area contributed by atoms with Gasteiger partial charge >= 0.3 is 5.97 Å². The summed E-state index contributed by atoms with van der Waals surface area (Å²) in [5, 5.41) is 16.5. The van der Waals surface area contributed by atoms with Crippen LogP contribution in [0.2, 0.25) is 0 Å². The second-order valence-electron chi connectivity index (χ2n) is 4.02. The fourth-order valence-corrected chi connectivity index (χ4v) is 2.19. The van der Waals surface area contributed by atoms with Gasteiger partial charge in [0.2, 0.25) is 0 Å². The van der Waals surface area contributed by atoms with Crippen LogP contribution >= 0.6 is 15.9 Å². The molecule has 0 bridgehead atoms. The van der Waals surface area contributed by atoms with E-state index < -0.39 is 5.97 Å². The molecular weight excluding hydrogens is 333 g/mol. The molecule has 1 N–H and O–H groups in total. The maximum Gasteiger partial charge on any atom is 0.358 e. The van der Waals surface area contributed by atoms with E-state index in [1.807, 2.05) is 0 Å². The summed E-state index contributed by atoms with van der Waals surface area (Å²) in [5.74, 6) is -1.52. The Morgan fingerprint density at radius 3 is 2.90 bits per heavy atom. The first-order valence-electron chi connectivity index (χ1n) is 5.61. The number of carboxylic acid groups (broad SMARTS) is 1. The molecule has 2 rings (SSSR count). The Kier molecular flexibility index (Phi) is 4.46. The quantitative estimate of drug-likeness (QED) is 0.899. The number of carbonyl (C=O) groups is 1. The van der Waals surface area contributed by atoms with Gasteiger partial charge < -0.3 is 9.84 Å². The van der Waals surface area contributed by atoms with Crippen LogP contribution in [-0.4, -0.2) is 33.2 Å². The van der Waals surface area contributed by atoms with E-state index in [0.29, 0.717) is 10.2 Å². The number of methoxy groups -OCH3 is 1. The number of ether oxygens (including phenoxy) is 1. The van der Waals surface area contributed by atoms with Gasteiger partial charge in [-0.05, 0) is 17.7 Å². The number of rotatable bonds is 5. The van der Waals surface area contributed by atoms with Crippen LogP contribution in [-0.2, 0) is 17.9 Å². The highest BCUT2D eigenvalue weighted by atomic mass is 79.9. The number of benzene rings is 1. The zero-order chi connectivity index (χ0) is 14.7. The van der Waals surface area contributed by atoms with Crippen molar-refractivity contribution >= 4 is 21.9 Å². The van der Waals surface area contributed by atoms with E-state index in [9.17, 15) is 9.18 Å². The maximum atomic E-state index is 13.0. The third-order valence-electron chi connectivity index (χ3n) is 2.66. The third-order valence-corrected chi connectivity index (χ3v) is 3.39. The monoisotopic (exact) mass is 343 g/mol. The molecule has 0 saturated heterocycles. The molecule has 0 aliphatic carbocycles. The highest BCUT2D eigenvalue weighted by Crippen LogP contribution is 2.20. The molecule has 20 heavy (non-hydrogen) atoms. The summed E-state index contributed by atoms with van der Waals surface area (Å²) in [7, 11) is 1.46. The van der Waals surface area contributed by atoms with Gasteiger partial charge in [-0.3, -0.25) is 0 Å². The Bertz CT molecular complexity index is 645. The van der Waals surface area contributed by atoms with Crippen LogP contribution in [0.3, 0.4) is 0 Å². The maximum absolute atomic E-state index is 13.0. The van der Waals surface area contributed by atoms with Crippen molar-refractivity contribution in [2.75, 3.05) is 7.11 Å². The Morgan fingerprint density at radius 1 is 1.55 bits per heavy atom. The van der Waals surface area contributed by atoms with Crippen molar-refractivity contribution in [1.82, 2.24) is 15.0 Å². The summed E-state index contributed by atoms with van der Waals surface area (Å²) in [4.78, 5) is 11.0. The highest BCUT2D eigenvalue weighted by Gasteiger charge is 2.19. The smallest absolute Gasteiger partial charge is 0.358 e. The molecule has 0 spiro atoms. The van der Waals surface area contributed by atoms with Gasteiger partial charge in [-0.25, -0.2) is 13.9 Å². The van der Waals surface area contributed by atoms with E-state index in [4.69, 9.17) is 9.84 Å². The summed E-state index contributed by atoms with van der Waals surface area (Å²) in [5.41, 5.74) is 0.965. The van der Waals surface area contributed by atoms with E-state index >= 15 is 0 Å². The number of nitrogens with zero attached hydrogens (tertiary/aromatic N) is 3. The van der Waals surface area contributed by atoms with E-state index in [1.165, 1.54) is 23.9 Å². The zero-order valence-corrected chi connectivity index (χ0v) is 12.1. The first-order valence-corrected chi connectivity index (χ1v) is 6.40. The average molecular weight is 344 g/mol. The SMILES string of the molecule is COCc1c(C(=O)O)nnn1Cc1ccc(F)cc1Br. The number of halogens is 2. The van der Waals surface area contributed by atoms with Crippen molar-refractivity contribution < 1.29 is 19.0 Å². The van der Waals surface area contributed by atoms with Gasteiger partial charge in [0.05, 0.1) is 18.8 Å². The number of hydrogen-bond acceptors (Lipinski definition) is 4. The Labute approximate surface area is 122 Å². The van der Waals surface area contributed by atoms with Crippen LogP contribution in [0.25, 0.3) is 0 Å². The van der Waals surface area contributed by atoms with Crippen LogP contribution in [0.1, 0.15) is 21.7 Å². The van der Waals surface area contributed by atoms with E-state index in [0.717, 1.165) is 5.56 Å². The van der Waals surface area contributed by atoms with Crippen LogP contribution in [0, 0.1) is 5.82 Å². The van der Waals surface area contributed by atoms with Crippen molar-refractivity contribution in [3.63, 3.8) is 0 Å².